The summed E-state index contributed by atoms with van der Waals surface area (Å²) >= 11 is 0. The average molecular weight is 580 g/mol. The number of methoxy groups -OCH3 is 1. The molecule has 0 radical (unpaired) electrons. The normalized spacial score (nSPS) is 12.2. The van der Waals surface area contributed by atoms with Gasteiger partial charge in [-0.25, -0.2) is 22.3 Å². The largest absolute Gasteiger partial charge is 0.442 e. The Morgan fingerprint density at radius 2 is 1.65 bits per heavy atom. The van der Waals surface area contributed by atoms with Gasteiger partial charge in [-0.15, -0.1) is 0 Å². The Balaban J connectivity index is 2.02. The van der Waals surface area contributed by atoms with E-state index < -0.39 is 32.8 Å². The highest BCUT2D eigenvalue weighted by atomic mass is 32.2. The number of carbonyl (C=O) groups excluding carboxylic acids is 2. The summed E-state index contributed by atoms with van der Waals surface area (Å²) in [6.45, 7) is 4.03. The van der Waals surface area contributed by atoms with E-state index >= 15 is 0 Å². The number of hydrogen-bond donors (Lipinski definition) is 2. The van der Waals surface area contributed by atoms with Gasteiger partial charge in [0.05, 0.1) is 18.1 Å². The molecule has 2 rings (SSSR count). The lowest BCUT2D eigenvalue weighted by Crippen LogP contribution is -2.48. The minimum absolute atomic E-state index is 0.0406. The number of nitro benzene ring substituents is 1. The second kappa shape index (κ2) is 15.7. The van der Waals surface area contributed by atoms with E-state index in [1.54, 1.807) is 24.3 Å². The van der Waals surface area contributed by atoms with Crippen LogP contribution in [0.3, 0.4) is 0 Å². The van der Waals surface area contributed by atoms with Crippen LogP contribution in [0.4, 0.5) is 21.0 Å². The quantitative estimate of drug-likeness (QED) is 0.184. The van der Waals surface area contributed by atoms with E-state index in [1.165, 1.54) is 37.3 Å². The Labute approximate surface area is 234 Å². The van der Waals surface area contributed by atoms with Gasteiger partial charge >= 0.3 is 12.1 Å². The predicted molar refractivity (Wildman–Crippen MR) is 150 cm³/mol. The molecular formula is C26H37N5O8S. The van der Waals surface area contributed by atoms with Crippen molar-refractivity contribution in [1.29, 1.82) is 0 Å². The van der Waals surface area contributed by atoms with E-state index in [0.717, 1.165) is 10.4 Å². The lowest BCUT2D eigenvalue weighted by atomic mass is 10.2. The number of hydrogen-bond acceptors (Lipinski definition) is 8. The molecule has 0 heterocycles. The van der Waals surface area contributed by atoms with Crippen LogP contribution in [-0.4, -0.2) is 87.2 Å². The van der Waals surface area contributed by atoms with Crippen LogP contribution in [0.25, 0.3) is 0 Å². The van der Waals surface area contributed by atoms with Crippen LogP contribution < -0.4 is 10.6 Å². The van der Waals surface area contributed by atoms with Crippen molar-refractivity contribution in [3.63, 3.8) is 0 Å². The van der Waals surface area contributed by atoms with Crippen LogP contribution in [0.5, 0.6) is 0 Å². The van der Waals surface area contributed by atoms with E-state index in [9.17, 15) is 28.1 Å². The lowest BCUT2D eigenvalue weighted by Gasteiger charge is -2.28. The van der Waals surface area contributed by atoms with E-state index in [-0.39, 0.29) is 43.2 Å². The number of urea groups is 1. The summed E-state index contributed by atoms with van der Waals surface area (Å²) in [6.07, 6.45) is -0.683. The van der Waals surface area contributed by atoms with E-state index in [4.69, 9.17) is 9.47 Å². The monoisotopic (exact) mass is 579 g/mol. The van der Waals surface area contributed by atoms with Crippen LogP contribution in [-0.2, 0) is 19.5 Å². The molecule has 0 bridgehead atoms. The molecule has 14 heteroatoms. The number of ether oxygens (including phenoxy) is 2. The number of carbonyl (C=O) groups is 2. The molecule has 2 aromatic carbocycles. The maximum absolute atomic E-state index is 12.9. The Morgan fingerprint density at radius 3 is 2.27 bits per heavy atom. The van der Waals surface area contributed by atoms with Gasteiger partial charge in [0.25, 0.3) is 5.69 Å². The van der Waals surface area contributed by atoms with E-state index in [2.05, 4.69) is 10.6 Å². The number of nitrogens with one attached hydrogen (secondary N) is 2. The first-order chi connectivity index (χ1) is 18.9. The molecule has 220 valence electrons. The van der Waals surface area contributed by atoms with Crippen molar-refractivity contribution in [3.8, 4) is 0 Å². The molecule has 13 nitrogen and oxygen atoms in total. The van der Waals surface area contributed by atoms with Gasteiger partial charge in [-0.3, -0.25) is 15.4 Å². The molecule has 2 N–H and O–H groups in total. The van der Waals surface area contributed by atoms with Gasteiger partial charge < -0.3 is 19.7 Å². The number of nitro groups is 1. The Kier molecular flexibility index (Phi) is 12.8. The molecule has 0 fully saturated rings. The molecule has 0 aliphatic heterocycles. The van der Waals surface area contributed by atoms with Crippen LogP contribution in [0.1, 0.15) is 26.7 Å². The highest BCUT2D eigenvalue weighted by molar-refractivity contribution is 7.89. The summed E-state index contributed by atoms with van der Waals surface area (Å²) in [5.74, 6) is 0. The molecular weight excluding hydrogens is 542 g/mol. The fourth-order valence-electron chi connectivity index (χ4n) is 3.74. The summed E-state index contributed by atoms with van der Waals surface area (Å²) in [5.41, 5.74) is 0.0596. The van der Waals surface area contributed by atoms with Crippen LogP contribution >= 0.6 is 0 Å². The van der Waals surface area contributed by atoms with E-state index in [1.807, 2.05) is 19.9 Å². The number of para-hydroxylation sites is 2. The molecule has 0 saturated heterocycles. The van der Waals surface area contributed by atoms with Gasteiger partial charge in [0.15, 0.2) is 4.90 Å². The maximum atomic E-state index is 12.9. The second-order valence-corrected chi connectivity index (χ2v) is 11.3. The zero-order chi connectivity index (χ0) is 29.7. The fourth-order valence-corrected chi connectivity index (χ4v) is 5.10. The third kappa shape index (κ3) is 10.1. The number of anilines is 1. The van der Waals surface area contributed by atoms with Crippen molar-refractivity contribution in [2.75, 3.05) is 45.7 Å². The van der Waals surface area contributed by atoms with Crippen molar-refractivity contribution >= 4 is 33.5 Å². The fraction of sp³-hybridized carbons (Fsp3) is 0.462. The van der Waals surface area contributed by atoms with Crippen LogP contribution in [0, 0.1) is 10.1 Å². The van der Waals surface area contributed by atoms with Crippen molar-refractivity contribution in [1.82, 2.24) is 14.5 Å². The van der Waals surface area contributed by atoms with Crippen molar-refractivity contribution in [2.24, 2.45) is 0 Å². The van der Waals surface area contributed by atoms with E-state index in [0.29, 0.717) is 18.5 Å². The molecule has 0 spiro atoms. The number of benzene rings is 2. The maximum Gasteiger partial charge on any atom is 0.412 e. The zero-order valence-corrected chi connectivity index (χ0v) is 23.9. The Bertz CT molecular complexity index is 1230. The van der Waals surface area contributed by atoms with Gasteiger partial charge in [0, 0.05) is 45.0 Å². The highest BCUT2D eigenvalue weighted by Crippen LogP contribution is 2.25. The summed E-state index contributed by atoms with van der Waals surface area (Å²) in [6, 6.07) is 13.4. The molecule has 0 aromatic heterocycles. The zero-order valence-electron chi connectivity index (χ0n) is 23.1. The first-order valence-electron chi connectivity index (χ1n) is 12.7. The van der Waals surface area contributed by atoms with Gasteiger partial charge in [0.2, 0.25) is 10.0 Å². The first kappa shape index (κ1) is 32.5. The van der Waals surface area contributed by atoms with Gasteiger partial charge in [0.1, 0.15) is 6.10 Å². The Morgan fingerprint density at radius 1 is 1.02 bits per heavy atom. The third-order valence-corrected chi connectivity index (χ3v) is 7.58. The molecule has 0 aliphatic rings. The average Bonchev–Trinajstić information content (AvgIpc) is 2.90. The van der Waals surface area contributed by atoms with Crippen molar-refractivity contribution in [3.05, 3.63) is 64.7 Å². The summed E-state index contributed by atoms with van der Waals surface area (Å²) < 4.78 is 37.6. The molecule has 3 amide bonds. The van der Waals surface area contributed by atoms with Gasteiger partial charge in [-0.2, -0.15) is 0 Å². The summed E-state index contributed by atoms with van der Waals surface area (Å²) in [5, 5.41) is 16.7. The lowest BCUT2D eigenvalue weighted by molar-refractivity contribution is -0.387. The number of nitrogens with zero attached hydrogens (tertiary/aromatic N) is 3. The summed E-state index contributed by atoms with van der Waals surface area (Å²) in [7, 11) is -1.29. The minimum Gasteiger partial charge on any atom is -0.442 e. The SMILES string of the molecule is COCC(CN(CCCCN(C)S(=O)(=O)c1ccccc1[N+](=O)[O-])C(=O)NC(C)C)OC(=O)Nc1ccccc1. The molecule has 0 aliphatic carbocycles. The highest BCUT2D eigenvalue weighted by Gasteiger charge is 2.29. The van der Waals surface area contributed by atoms with Gasteiger partial charge in [-0.05, 0) is 44.9 Å². The molecule has 40 heavy (non-hydrogen) atoms. The smallest absolute Gasteiger partial charge is 0.412 e. The van der Waals surface area contributed by atoms with Crippen molar-refractivity contribution in [2.45, 2.75) is 43.7 Å². The summed E-state index contributed by atoms with van der Waals surface area (Å²) in [4.78, 5) is 37.0. The Hall–Kier alpha value is -3.75. The topological polar surface area (TPSA) is 160 Å². The third-order valence-electron chi connectivity index (χ3n) is 5.67. The molecule has 0 saturated carbocycles. The first-order valence-corrected chi connectivity index (χ1v) is 14.2. The number of amides is 3. The predicted octanol–water partition coefficient (Wildman–Crippen LogP) is 3.68. The van der Waals surface area contributed by atoms with Crippen LogP contribution in [0.15, 0.2) is 59.5 Å². The standard InChI is InChI=1S/C26H37N5O8S/c1-20(2)27-25(32)30(18-22(19-38-4)39-26(33)28-21-12-6-5-7-13-21)17-11-10-16-29(3)40(36,37)24-15-9-8-14-23(24)31(34)35/h5-9,12-15,20,22H,10-11,16-19H2,1-4H3,(H,27,32)(H,28,33). The molecule has 1 unspecified atom stereocenters. The van der Waals surface area contributed by atoms with Gasteiger partial charge in [-0.1, -0.05) is 30.3 Å². The minimum atomic E-state index is -4.10. The number of rotatable bonds is 15. The second-order valence-electron chi connectivity index (χ2n) is 9.28. The number of sulfonamides is 1. The number of unbranched alkanes of at least 4 members (excludes halogenated alkanes) is 1. The van der Waals surface area contributed by atoms with Crippen LogP contribution in [0.2, 0.25) is 0 Å². The molecule has 2 aromatic rings. The molecule has 1 atom stereocenters. The van der Waals surface area contributed by atoms with Crippen molar-refractivity contribution < 1.29 is 32.4 Å².